The second kappa shape index (κ2) is 6.30. The first-order valence-electron chi connectivity index (χ1n) is 5.69. The first-order valence-corrected chi connectivity index (χ1v) is 6.67. The van der Waals surface area contributed by atoms with E-state index in [2.05, 4.69) is 40.6 Å². The lowest BCUT2D eigenvalue weighted by molar-refractivity contribution is 1.16. The largest absolute Gasteiger partial charge is 0.369 e. The zero-order valence-corrected chi connectivity index (χ0v) is 10.7. The minimum atomic E-state index is 0.926. The van der Waals surface area contributed by atoms with Crippen molar-refractivity contribution in [2.24, 2.45) is 0 Å². The van der Waals surface area contributed by atoms with Crippen LogP contribution in [0, 0.1) is 6.92 Å². The molecule has 88 valence electrons. The molecule has 0 aliphatic rings. The van der Waals surface area contributed by atoms with Crippen molar-refractivity contribution in [2.45, 2.75) is 11.8 Å². The smallest absolute Gasteiger partial charge is 0.125 e. The molecular formula is C14H16N2S. The third-order valence-corrected chi connectivity index (χ3v) is 3.35. The molecule has 17 heavy (non-hydrogen) atoms. The van der Waals surface area contributed by atoms with Gasteiger partial charge in [-0.05, 0) is 30.7 Å². The molecule has 2 rings (SSSR count). The van der Waals surface area contributed by atoms with Gasteiger partial charge in [0.15, 0.2) is 0 Å². The van der Waals surface area contributed by atoms with E-state index in [-0.39, 0.29) is 0 Å². The highest BCUT2D eigenvalue weighted by Gasteiger charge is 1.94. The van der Waals surface area contributed by atoms with Gasteiger partial charge in [-0.1, -0.05) is 24.3 Å². The Balaban J connectivity index is 1.71. The molecule has 0 bridgehead atoms. The minimum Gasteiger partial charge on any atom is -0.369 e. The first kappa shape index (κ1) is 12.0. The van der Waals surface area contributed by atoms with E-state index >= 15 is 0 Å². The van der Waals surface area contributed by atoms with E-state index in [9.17, 15) is 0 Å². The zero-order chi connectivity index (χ0) is 11.9. The number of rotatable bonds is 5. The molecule has 0 saturated heterocycles. The summed E-state index contributed by atoms with van der Waals surface area (Å²) in [5.41, 5.74) is 1.19. The number of nitrogens with zero attached hydrogens (tertiary/aromatic N) is 1. The Hall–Kier alpha value is -1.48. The molecular weight excluding hydrogens is 228 g/mol. The Morgan fingerprint density at radius 3 is 2.65 bits per heavy atom. The average Bonchev–Trinajstić information content (AvgIpc) is 2.38. The molecule has 0 saturated carbocycles. The van der Waals surface area contributed by atoms with Gasteiger partial charge in [-0.2, -0.15) is 0 Å². The predicted octanol–water partition coefficient (Wildman–Crippen LogP) is 3.59. The van der Waals surface area contributed by atoms with Crippen molar-refractivity contribution in [1.82, 2.24) is 4.98 Å². The lowest BCUT2D eigenvalue weighted by atomic mass is 10.3. The quantitative estimate of drug-likeness (QED) is 0.642. The molecule has 0 aliphatic carbocycles. The van der Waals surface area contributed by atoms with Crippen LogP contribution in [0.3, 0.4) is 0 Å². The summed E-state index contributed by atoms with van der Waals surface area (Å²) in [6.07, 6.45) is 1.88. The van der Waals surface area contributed by atoms with Gasteiger partial charge in [0.2, 0.25) is 0 Å². The van der Waals surface area contributed by atoms with E-state index in [1.807, 2.05) is 37.0 Å². The summed E-state index contributed by atoms with van der Waals surface area (Å²) in [7, 11) is 0. The highest BCUT2D eigenvalue weighted by atomic mass is 32.2. The predicted molar refractivity (Wildman–Crippen MR) is 74.6 cm³/mol. The Morgan fingerprint density at radius 1 is 1.12 bits per heavy atom. The van der Waals surface area contributed by atoms with E-state index in [0.717, 1.165) is 18.1 Å². The summed E-state index contributed by atoms with van der Waals surface area (Å²) in [5, 5.41) is 3.31. The highest BCUT2D eigenvalue weighted by Crippen LogP contribution is 2.16. The van der Waals surface area contributed by atoms with Gasteiger partial charge >= 0.3 is 0 Å². The summed E-state index contributed by atoms with van der Waals surface area (Å²) >= 11 is 1.85. The molecule has 1 N–H and O–H groups in total. The van der Waals surface area contributed by atoms with Gasteiger partial charge in [-0.25, -0.2) is 4.98 Å². The third kappa shape index (κ3) is 4.11. The second-order valence-corrected chi connectivity index (χ2v) is 4.98. The molecule has 0 spiro atoms. The number of thioether (sulfide) groups is 1. The van der Waals surface area contributed by atoms with Crippen LogP contribution in [0.25, 0.3) is 0 Å². The maximum Gasteiger partial charge on any atom is 0.125 e. The summed E-state index contributed by atoms with van der Waals surface area (Å²) in [6, 6.07) is 14.5. The maximum absolute atomic E-state index is 4.30. The van der Waals surface area contributed by atoms with Crippen molar-refractivity contribution in [3.05, 3.63) is 54.2 Å². The monoisotopic (exact) mass is 244 g/mol. The van der Waals surface area contributed by atoms with Gasteiger partial charge in [-0.3, -0.25) is 0 Å². The van der Waals surface area contributed by atoms with E-state index < -0.39 is 0 Å². The fourth-order valence-electron chi connectivity index (χ4n) is 1.44. The van der Waals surface area contributed by atoms with Gasteiger partial charge < -0.3 is 5.32 Å². The first-order chi connectivity index (χ1) is 8.34. The number of hydrogen-bond acceptors (Lipinski definition) is 3. The normalized spacial score (nSPS) is 10.2. The number of benzene rings is 1. The minimum absolute atomic E-state index is 0.926. The van der Waals surface area contributed by atoms with Crippen molar-refractivity contribution < 1.29 is 0 Å². The van der Waals surface area contributed by atoms with Gasteiger partial charge in [-0.15, -0.1) is 11.8 Å². The Morgan fingerprint density at radius 2 is 1.94 bits per heavy atom. The van der Waals surface area contributed by atoms with Gasteiger partial charge in [0.05, 0.1) is 0 Å². The number of pyridine rings is 1. The standard InChI is InChI=1S/C14H16N2S/c1-12-7-8-14(16-11-12)15-9-10-17-13-5-3-2-4-6-13/h2-8,11H,9-10H2,1H3,(H,15,16). The molecule has 0 aliphatic heterocycles. The summed E-state index contributed by atoms with van der Waals surface area (Å²) < 4.78 is 0. The highest BCUT2D eigenvalue weighted by molar-refractivity contribution is 7.99. The lowest BCUT2D eigenvalue weighted by Gasteiger charge is -2.05. The van der Waals surface area contributed by atoms with Crippen LogP contribution in [0.4, 0.5) is 5.82 Å². The number of hydrogen-bond donors (Lipinski definition) is 1. The topological polar surface area (TPSA) is 24.9 Å². The van der Waals surface area contributed by atoms with Crippen LogP contribution in [0.1, 0.15) is 5.56 Å². The number of anilines is 1. The van der Waals surface area contributed by atoms with Crippen molar-refractivity contribution in [3.63, 3.8) is 0 Å². The van der Waals surface area contributed by atoms with Crippen LogP contribution in [-0.4, -0.2) is 17.3 Å². The van der Waals surface area contributed by atoms with Crippen LogP contribution in [0.2, 0.25) is 0 Å². The molecule has 0 fully saturated rings. The molecule has 1 aromatic carbocycles. The molecule has 0 radical (unpaired) electrons. The molecule has 0 unspecified atom stereocenters. The number of nitrogens with one attached hydrogen (secondary N) is 1. The molecule has 2 aromatic rings. The Bertz CT molecular complexity index is 440. The summed E-state index contributed by atoms with van der Waals surface area (Å²) in [5.74, 6) is 1.99. The number of aryl methyl sites for hydroxylation is 1. The molecule has 2 nitrogen and oxygen atoms in total. The van der Waals surface area contributed by atoms with Crippen molar-refractivity contribution in [1.29, 1.82) is 0 Å². The average molecular weight is 244 g/mol. The fourth-order valence-corrected chi connectivity index (χ4v) is 2.23. The van der Waals surface area contributed by atoms with E-state index in [1.165, 1.54) is 10.5 Å². The molecule has 1 aromatic heterocycles. The molecule has 1 heterocycles. The SMILES string of the molecule is Cc1ccc(NCCSc2ccccc2)nc1. The lowest BCUT2D eigenvalue weighted by Crippen LogP contribution is -2.05. The van der Waals surface area contributed by atoms with Gasteiger partial charge in [0.25, 0.3) is 0 Å². The van der Waals surface area contributed by atoms with Crippen molar-refractivity contribution in [3.8, 4) is 0 Å². The summed E-state index contributed by atoms with van der Waals surface area (Å²) in [6.45, 7) is 2.97. The van der Waals surface area contributed by atoms with E-state index in [1.54, 1.807) is 0 Å². The van der Waals surface area contributed by atoms with Gasteiger partial charge in [0.1, 0.15) is 5.82 Å². The Labute approximate surface area is 106 Å². The van der Waals surface area contributed by atoms with Crippen LogP contribution < -0.4 is 5.32 Å². The van der Waals surface area contributed by atoms with Crippen LogP contribution in [-0.2, 0) is 0 Å². The van der Waals surface area contributed by atoms with Crippen molar-refractivity contribution >= 4 is 17.6 Å². The van der Waals surface area contributed by atoms with E-state index in [0.29, 0.717) is 0 Å². The molecule has 0 atom stereocenters. The van der Waals surface area contributed by atoms with Gasteiger partial charge in [0, 0.05) is 23.4 Å². The third-order valence-electron chi connectivity index (χ3n) is 2.33. The summed E-state index contributed by atoms with van der Waals surface area (Å²) in [4.78, 5) is 5.61. The van der Waals surface area contributed by atoms with Crippen LogP contribution in [0.15, 0.2) is 53.6 Å². The van der Waals surface area contributed by atoms with Crippen LogP contribution >= 0.6 is 11.8 Å². The second-order valence-electron chi connectivity index (χ2n) is 3.81. The number of aromatic nitrogens is 1. The zero-order valence-electron chi connectivity index (χ0n) is 9.89. The molecule has 3 heteroatoms. The fraction of sp³-hybridized carbons (Fsp3) is 0.214. The Kier molecular flexibility index (Phi) is 4.45. The molecule has 0 amide bonds. The van der Waals surface area contributed by atoms with Crippen LogP contribution in [0.5, 0.6) is 0 Å². The van der Waals surface area contributed by atoms with Crippen molar-refractivity contribution in [2.75, 3.05) is 17.6 Å². The maximum atomic E-state index is 4.30. The van der Waals surface area contributed by atoms with E-state index in [4.69, 9.17) is 0 Å².